The summed E-state index contributed by atoms with van der Waals surface area (Å²) in [5.41, 5.74) is 0.580. The highest BCUT2D eigenvalue weighted by atomic mass is 32.2. The Kier molecular flexibility index (Phi) is 3.52. The van der Waals surface area contributed by atoms with Crippen molar-refractivity contribution >= 4 is 10.0 Å². The molecule has 2 heterocycles. The van der Waals surface area contributed by atoms with E-state index in [1.54, 1.807) is 31.5 Å². The minimum absolute atomic E-state index is 0.189. The highest BCUT2D eigenvalue weighted by Crippen LogP contribution is 2.23. The molecule has 112 valence electrons. The lowest BCUT2D eigenvalue weighted by Gasteiger charge is -2.26. The number of aliphatic hydroxyl groups is 1. The van der Waals surface area contributed by atoms with E-state index in [1.165, 1.54) is 10.4 Å². The van der Waals surface area contributed by atoms with E-state index in [2.05, 4.69) is 10.2 Å². The topological polar surface area (TPSA) is 88.3 Å². The van der Waals surface area contributed by atoms with E-state index < -0.39 is 16.1 Å². The molecule has 0 spiro atoms. The Morgan fingerprint density at radius 3 is 2.90 bits per heavy atom. The van der Waals surface area contributed by atoms with Gasteiger partial charge in [0.1, 0.15) is 12.2 Å². The maximum Gasteiger partial charge on any atom is 0.243 e. The lowest BCUT2D eigenvalue weighted by molar-refractivity contribution is 0.199. The smallest absolute Gasteiger partial charge is 0.243 e. The van der Waals surface area contributed by atoms with Gasteiger partial charge in [-0.1, -0.05) is 12.1 Å². The summed E-state index contributed by atoms with van der Waals surface area (Å²) < 4.78 is 28.6. The van der Waals surface area contributed by atoms with E-state index in [9.17, 15) is 13.5 Å². The predicted molar refractivity (Wildman–Crippen MR) is 74.7 cm³/mol. The van der Waals surface area contributed by atoms with Gasteiger partial charge in [0.05, 0.1) is 17.5 Å². The van der Waals surface area contributed by atoms with Crippen LogP contribution in [-0.4, -0.2) is 39.1 Å². The van der Waals surface area contributed by atoms with E-state index in [4.69, 9.17) is 0 Å². The van der Waals surface area contributed by atoms with Crippen LogP contribution in [-0.2, 0) is 23.1 Å². The molecule has 0 saturated heterocycles. The van der Waals surface area contributed by atoms with Crippen LogP contribution in [0.1, 0.15) is 24.4 Å². The molecule has 1 aromatic carbocycles. The van der Waals surface area contributed by atoms with Crippen LogP contribution in [0.3, 0.4) is 0 Å². The molecule has 21 heavy (non-hydrogen) atoms. The zero-order valence-electron chi connectivity index (χ0n) is 11.5. The average Bonchev–Trinajstić information content (AvgIpc) is 2.94. The predicted octanol–water partition coefficient (Wildman–Crippen LogP) is 0.536. The van der Waals surface area contributed by atoms with Gasteiger partial charge in [-0.3, -0.25) is 0 Å². The van der Waals surface area contributed by atoms with Crippen LogP contribution in [0.5, 0.6) is 0 Å². The molecular weight excluding hydrogens is 292 g/mol. The molecule has 1 N–H and O–H groups in total. The van der Waals surface area contributed by atoms with E-state index in [0.717, 1.165) is 0 Å². The summed E-state index contributed by atoms with van der Waals surface area (Å²) >= 11 is 0. The monoisotopic (exact) mass is 308 g/mol. The van der Waals surface area contributed by atoms with Gasteiger partial charge in [-0.05, 0) is 24.6 Å². The Hall–Kier alpha value is -1.77. The van der Waals surface area contributed by atoms with Crippen molar-refractivity contribution in [3.05, 3.63) is 42.0 Å². The maximum absolute atomic E-state index is 12.7. The third-order valence-corrected chi connectivity index (χ3v) is 5.42. The first kappa shape index (κ1) is 14.2. The molecule has 0 amide bonds. The number of hydrogen-bond acceptors (Lipinski definition) is 5. The van der Waals surface area contributed by atoms with Gasteiger partial charge < -0.3 is 9.67 Å². The Labute approximate surface area is 122 Å². The molecule has 2 aromatic rings. The molecule has 1 aliphatic heterocycles. The fraction of sp³-hybridized carbons (Fsp3) is 0.385. The minimum atomic E-state index is -3.60. The van der Waals surface area contributed by atoms with Crippen LogP contribution in [0.4, 0.5) is 0 Å². The molecule has 0 fully saturated rings. The fourth-order valence-electron chi connectivity index (χ4n) is 2.33. The van der Waals surface area contributed by atoms with Gasteiger partial charge >= 0.3 is 0 Å². The molecule has 3 rings (SSSR count). The van der Waals surface area contributed by atoms with Crippen LogP contribution in [0, 0.1) is 0 Å². The number of hydrogen-bond donors (Lipinski definition) is 1. The minimum Gasteiger partial charge on any atom is -0.389 e. The third-order valence-electron chi connectivity index (χ3n) is 3.58. The summed E-state index contributed by atoms with van der Waals surface area (Å²) in [6.07, 6.45) is 0.900. The van der Waals surface area contributed by atoms with Gasteiger partial charge in [0.15, 0.2) is 0 Å². The first-order valence-electron chi connectivity index (χ1n) is 6.63. The Morgan fingerprint density at radius 1 is 1.33 bits per heavy atom. The molecule has 1 aromatic heterocycles. The number of nitrogens with zero attached hydrogens (tertiary/aromatic N) is 4. The number of benzene rings is 1. The van der Waals surface area contributed by atoms with Gasteiger partial charge in [-0.2, -0.15) is 4.31 Å². The molecule has 1 aliphatic rings. The van der Waals surface area contributed by atoms with Crippen LogP contribution in [0.2, 0.25) is 0 Å². The van der Waals surface area contributed by atoms with Gasteiger partial charge in [-0.25, -0.2) is 8.42 Å². The molecule has 0 saturated carbocycles. The van der Waals surface area contributed by atoms with Crippen molar-refractivity contribution in [3.8, 4) is 0 Å². The van der Waals surface area contributed by atoms with Crippen molar-refractivity contribution in [1.82, 2.24) is 19.1 Å². The highest BCUT2D eigenvalue weighted by molar-refractivity contribution is 7.89. The fourth-order valence-corrected chi connectivity index (χ4v) is 3.77. The van der Waals surface area contributed by atoms with E-state index >= 15 is 0 Å². The van der Waals surface area contributed by atoms with Gasteiger partial charge in [0.25, 0.3) is 0 Å². The summed E-state index contributed by atoms with van der Waals surface area (Å²) in [5.74, 6) is 0.636. The standard InChI is InChI=1S/C13H16N4O3S/c1-10(18)11-3-2-4-12(7-11)21(19,20)17-6-5-16-9-14-15-13(16)8-17/h2-4,7,9-10,18H,5-6,8H2,1H3. The van der Waals surface area contributed by atoms with E-state index in [-0.39, 0.29) is 11.4 Å². The Morgan fingerprint density at radius 2 is 2.14 bits per heavy atom. The molecule has 8 heteroatoms. The normalized spacial score (nSPS) is 17.4. The maximum atomic E-state index is 12.7. The lowest BCUT2D eigenvalue weighted by Crippen LogP contribution is -2.38. The number of rotatable bonds is 3. The highest BCUT2D eigenvalue weighted by Gasteiger charge is 2.29. The quantitative estimate of drug-likeness (QED) is 0.894. The Balaban J connectivity index is 1.93. The second kappa shape index (κ2) is 5.21. The molecule has 1 unspecified atom stereocenters. The SMILES string of the molecule is CC(O)c1cccc(S(=O)(=O)N2CCn3cnnc3C2)c1. The number of aromatic nitrogens is 3. The molecule has 0 aliphatic carbocycles. The second-order valence-corrected chi connectivity index (χ2v) is 6.97. The first-order valence-corrected chi connectivity index (χ1v) is 8.07. The summed E-state index contributed by atoms with van der Waals surface area (Å²) in [5, 5.41) is 17.3. The molecule has 0 radical (unpaired) electrons. The zero-order valence-corrected chi connectivity index (χ0v) is 12.4. The molecular formula is C13H16N4O3S. The van der Waals surface area contributed by atoms with Crippen LogP contribution < -0.4 is 0 Å². The van der Waals surface area contributed by atoms with Crippen molar-refractivity contribution in [1.29, 1.82) is 0 Å². The van der Waals surface area contributed by atoms with Crippen molar-refractivity contribution in [2.24, 2.45) is 0 Å². The molecule has 7 nitrogen and oxygen atoms in total. The van der Waals surface area contributed by atoms with E-state index in [1.807, 2.05) is 4.57 Å². The second-order valence-electron chi connectivity index (χ2n) is 5.03. The van der Waals surface area contributed by atoms with Gasteiger partial charge in [-0.15, -0.1) is 10.2 Å². The van der Waals surface area contributed by atoms with Crippen molar-refractivity contribution < 1.29 is 13.5 Å². The van der Waals surface area contributed by atoms with Crippen LogP contribution >= 0.6 is 0 Å². The average molecular weight is 308 g/mol. The zero-order chi connectivity index (χ0) is 15.0. The number of sulfonamides is 1. The van der Waals surface area contributed by atoms with Crippen molar-refractivity contribution in [3.63, 3.8) is 0 Å². The van der Waals surface area contributed by atoms with E-state index in [0.29, 0.717) is 24.5 Å². The Bertz CT molecular complexity index is 754. The summed E-state index contributed by atoms with van der Waals surface area (Å²) in [4.78, 5) is 0.189. The third kappa shape index (κ3) is 2.57. The molecule has 0 bridgehead atoms. The van der Waals surface area contributed by atoms with Crippen LogP contribution in [0.25, 0.3) is 0 Å². The summed E-state index contributed by atoms with van der Waals surface area (Å²) in [6, 6.07) is 6.40. The largest absolute Gasteiger partial charge is 0.389 e. The van der Waals surface area contributed by atoms with Gasteiger partial charge in [0.2, 0.25) is 10.0 Å². The van der Waals surface area contributed by atoms with Crippen molar-refractivity contribution in [2.45, 2.75) is 31.0 Å². The van der Waals surface area contributed by atoms with Gasteiger partial charge in [0, 0.05) is 13.1 Å². The summed E-state index contributed by atoms with van der Waals surface area (Å²) in [7, 11) is -3.60. The number of aliphatic hydroxyl groups excluding tert-OH is 1. The number of fused-ring (bicyclic) bond motifs is 1. The lowest BCUT2D eigenvalue weighted by atomic mass is 10.1. The summed E-state index contributed by atoms with van der Waals surface area (Å²) in [6.45, 7) is 2.74. The van der Waals surface area contributed by atoms with Crippen LogP contribution in [0.15, 0.2) is 35.5 Å². The first-order chi connectivity index (χ1) is 9.98. The van der Waals surface area contributed by atoms with Crippen molar-refractivity contribution in [2.75, 3.05) is 6.54 Å². The molecule has 1 atom stereocenters.